The second-order valence-corrected chi connectivity index (χ2v) is 3.89. The Balaban J connectivity index is 2.12. The Hall–Kier alpha value is -2.38. The van der Waals surface area contributed by atoms with Gasteiger partial charge in [-0.2, -0.15) is 0 Å². The van der Waals surface area contributed by atoms with E-state index in [0.29, 0.717) is 11.4 Å². The molecule has 0 aliphatic rings. The van der Waals surface area contributed by atoms with Gasteiger partial charge in [0.05, 0.1) is 13.0 Å². The molecule has 0 aliphatic carbocycles. The molecule has 0 spiro atoms. The van der Waals surface area contributed by atoms with Gasteiger partial charge in [0.1, 0.15) is 0 Å². The van der Waals surface area contributed by atoms with E-state index in [1.54, 1.807) is 0 Å². The third kappa shape index (κ3) is 3.30. The molecule has 0 bridgehead atoms. The van der Waals surface area contributed by atoms with Crippen LogP contribution in [-0.4, -0.2) is 31.3 Å². The van der Waals surface area contributed by atoms with Crippen molar-refractivity contribution in [1.82, 2.24) is 20.2 Å². The summed E-state index contributed by atoms with van der Waals surface area (Å²) in [6.45, 7) is 0.126. The number of carboxylic acids is 1. The topological polar surface area (TPSA) is 80.9 Å². The molecule has 0 radical (unpaired) electrons. The molecule has 1 heterocycles. The summed E-state index contributed by atoms with van der Waals surface area (Å²) < 4.78 is 27.2. The van der Waals surface area contributed by atoms with Gasteiger partial charge in [-0.1, -0.05) is 6.07 Å². The van der Waals surface area contributed by atoms with Crippen molar-refractivity contribution in [3.8, 4) is 0 Å². The summed E-state index contributed by atoms with van der Waals surface area (Å²) in [7, 11) is 0. The maximum absolute atomic E-state index is 13.1. The zero-order valence-corrected chi connectivity index (χ0v) is 9.75. The molecule has 0 atom stereocenters. The summed E-state index contributed by atoms with van der Waals surface area (Å²) in [6, 6.07) is 3.51. The minimum Gasteiger partial charge on any atom is -0.481 e. The average Bonchev–Trinajstić information content (AvgIpc) is 2.79. The molecule has 2 rings (SSSR count). The molecule has 8 heteroatoms. The third-order valence-corrected chi connectivity index (χ3v) is 2.49. The van der Waals surface area contributed by atoms with Gasteiger partial charge in [0, 0.05) is 6.42 Å². The zero-order valence-electron chi connectivity index (χ0n) is 9.75. The summed E-state index contributed by atoms with van der Waals surface area (Å²) in [5.41, 5.74) is 0.505. The fourth-order valence-electron chi connectivity index (χ4n) is 1.56. The van der Waals surface area contributed by atoms with E-state index in [-0.39, 0.29) is 19.4 Å². The number of aryl methyl sites for hydroxylation is 1. The minimum absolute atomic E-state index is 0.115. The molecule has 0 fully saturated rings. The summed E-state index contributed by atoms with van der Waals surface area (Å²) in [6.07, 6.45) is 0.0830. The van der Waals surface area contributed by atoms with E-state index in [0.717, 1.165) is 12.1 Å². The smallest absolute Gasteiger partial charge is 0.305 e. The van der Waals surface area contributed by atoms with Crippen LogP contribution in [0.25, 0.3) is 0 Å². The van der Waals surface area contributed by atoms with E-state index < -0.39 is 17.6 Å². The van der Waals surface area contributed by atoms with Crippen molar-refractivity contribution in [3.05, 3.63) is 41.2 Å². The second kappa shape index (κ2) is 5.51. The van der Waals surface area contributed by atoms with Gasteiger partial charge < -0.3 is 5.11 Å². The Morgan fingerprint density at radius 1 is 1.32 bits per heavy atom. The molecule has 0 unspecified atom stereocenters. The third-order valence-electron chi connectivity index (χ3n) is 2.49. The maximum atomic E-state index is 13.1. The van der Waals surface area contributed by atoms with E-state index >= 15 is 0 Å². The minimum atomic E-state index is -0.964. The highest BCUT2D eigenvalue weighted by atomic mass is 19.2. The van der Waals surface area contributed by atoms with Crippen molar-refractivity contribution in [1.29, 1.82) is 0 Å². The predicted octanol–water partition coefficient (Wildman–Crippen LogP) is 1.02. The van der Waals surface area contributed by atoms with Crippen LogP contribution in [0.4, 0.5) is 8.78 Å². The second-order valence-electron chi connectivity index (χ2n) is 3.89. The Kier molecular flexibility index (Phi) is 3.79. The van der Waals surface area contributed by atoms with E-state index in [1.807, 2.05) is 0 Å². The van der Waals surface area contributed by atoms with Crippen LogP contribution in [0, 0.1) is 11.6 Å². The van der Waals surface area contributed by atoms with Crippen LogP contribution in [0.1, 0.15) is 17.8 Å². The molecule has 1 N–H and O–H groups in total. The van der Waals surface area contributed by atoms with Crippen LogP contribution in [0.2, 0.25) is 0 Å². The molecule has 1 aromatic heterocycles. The molecule has 2 aromatic rings. The van der Waals surface area contributed by atoms with Crippen molar-refractivity contribution in [2.45, 2.75) is 19.4 Å². The summed E-state index contributed by atoms with van der Waals surface area (Å²) in [5, 5.41) is 19.4. The average molecular weight is 268 g/mol. The highest BCUT2D eigenvalue weighted by Gasteiger charge is 2.10. The van der Waals surface area contributed by atoms with Gasteiger partial charge in [-0.15, -0.1) is 5.10 Å². The van der Waals surface area contributed by atoms with Gasteiger partial charge in [-0.05, 0) is 28.1 Å². The van der Waals surface area contributed by atoms with Gasteiger partial charge in [-0.25, -0.2) is 13.5 Å². The van der Waals surface area contributed by atoms with E-state index in [4.69, 9.17) is 5.11 Å². The number of hydrogen-bond acceptors (Lipinski definition) is 4. The number of aromatic nitrogens is 4. The molecule has 100 valence electrons. The molecule has 1 aromatic carbocycles. The summed E-state index contributed by atoms with van der Waals surface area (Å²) in [4.78, 5) is 10.5. The van der Waals surface area contributed by atoms with Crippen LogP contribution in [0.15, 0.2) is 18.2 Å². The standard InChI is InChI=1S/C11H10F2N4O2/c12-8-2-1-7(5-9(8)13)6-10-14-15-16-17(10)4-3-11(18)19/h1-2,5H,3-4,6H2,(H,18,19). The van der Waals surface area contributed by atoms with E-state index in [9.17, 15) is 13.6 Å². The Bertz CT molecular complexity index is 600. The zero-order chi connectivity index (χ0) is 13.8. The molecule has 19 heavy (non-hydrogen) atoms. The largest absolute Gasteiger partial charge is 0.481 e. The fourth-order valence-corrected chi connectivity index (χ4v) is 1.56. The normalized spacial score (nSPS) is 10.6. The Labute approximate surface area is 106 Å². The predicted molar refractivity (Wildman–Crippen MR) is 59.2 cm³/mol. The number of nitrogens with zero attached hydrogens (tertiary/aromatic N) is 4. The first-order valence-corrected chi connectivity index (χ1v) is 5.47. The maximum Gasteiger partial charge on any atom is 0.305 e. The molecular formula is C11H10F2N4O2. The lowest BCUT2D eigenvalue weighted by Crippen LogP contribution is -2.10. The van der Waals surface area contributed by atoms with E-state index in [2.05, 4.69) is 15.5 Å². The van der Waals surface area contributed by atoms with Crippen molar-refractivity contribution in [2.75, 3.05) is 0 Å². The number of aliphatic carboxylic acids is 1. The van der Waals surface area contributed by atoms with Crippen molar-refractivity contribution in [3.63, 3.8) is 0 Å². The molecule has 0 amide bonds. The lowest BCUT2D eigenvalue weighted by molar-refractivity contribution is -0.137. The van der Waals surface area contributed by atoms with Crippen molar-refractivity contribution in [2.24, 2.45) is 0 Å². The lowest BCUT2D eigenvalue weighted by atomic mass is 10.1. The lowest BCUT2D eigenvalue weighted by Gasteiger charge is -2.03. The number of halogens is 2. The van der Waals surface area contributed by atoms with Crippen LogP contribution >= 0.6 is 0 Å². The number of carbonyl (C=O) groups is 1. The molecule has 0 saturated carbocycles. The van der Waals surface area contributed by atoms with Crippen LogP contribution in [-0.2, 0) is 17.8 Å². The first-order valence-electron chi connectivity index (χ1n) is 5.47. The number of rotatable bonds is 5. The molecule has 0 aliphatic heterocycles. The molecule has 0 saturated heterocycles. The van der Waals surface area contributed by atoms with Crippen molar-refractivity contribution >= 4 is 5.97 Å². The highest BCUT2D eigenvalue weighted by molar-refractivity contribution is 5.66. The van der Waals surface area contributed by atoms with Gasteiger partial charge in [-0.3, -0.25) is 4.79 Å². The van der Waals surface area contributed by atoms with E-state index in [1.165, 1.54) is 10.7 Å². The van der Waals surface area contributed by atoms with Gasteiger partial charge >= 0.3 is 5.97 Å². The van der Waals surface area contributed by atoms with Crippen molar-refractivity contribution < 1.29 is 18.7 Å². The number of hydrogen-bond donors (Lipinski definition) is 1. The van der Waals surface area contributed by atoms with Crippen LogP contribution in [0.3, 0.4) is 0 Å². The summed E-state index contributed by atoms with van der Waals surface area (Å²) >= 11 is 0. The number of carboxylic acid groups (broad SMARTS) is 1. The quantitative estimate of drug-likeness (QED) is 0.875. The first-order chi connectivity index (χ1) is 9.06. The Morgan fingerprint density at radius 2 is 2.11 bits per heavy atom. The van der Waals surface area contributed by atoms with Crippen LogP contribution in [0.5, 0.6) is 0 Å². The van der Waals surface area contributed by atoms with Gasteiger partial charge in [0.15, 0.2) is 17.5 Å². The molecular weight excluding hydrogens is 258 g/mol. The van der Waals surface area contributed by atoms with Gasteiger partial charge in [0.25, 0.3) is 0 Å². The number of tetrazole rings is 1. The van der Waals surface area contributed by atoms with Gasteiger partial charge in [0.2, 0.25) is 0 Å². The number of benzene rings is 1. The highest BCUT2D eigenvalue weighted by Crippen LogP contribution is 2.12. The summed E-state index contributed by atoms with van der Waals surface area (Å²) in [5.74, 6) is -2.43. The Morgan fingerprint density at radius 3 is 2.79 bits per heavy atom. The molecule has 6 nitrogen and oxygen atoms in total. The SMILES string of the molecule is O=C(O)CCn1nnnc1Cc1ccc(F)c(F)c1. The van der Waals surface area contributed by atoms with Crippen LogP contribution < -0.4 is 0 Å². The first kappa shape index (κ1) is 13.1. The monoisotopic (exact) mass is 268 g/mol. The fraction of sp³-hybridized carbons (Fsp3) is 0.273.